The quantitative estimate of drug-likeness (QED) is 0.658. The van der Waals surface area contributed by atoms with Crippen LogP contribution in [0.5, 0.6) is 0 Å². The van der Waals surface area contributed by atoms with Crippen LogP contribution in [0.4, 0.5) is 11.5 Å². The predicted octanol–water partition coefficient (Wildman–Crippen LogP) is 4.87. The van der Waals surface area contributed by atoms with Crippen molar-refractivity contribution in [1.29, 1.82) is 0 Å². The van der Waals surface area contributed by atoms with Crippen LogP contribution in [0, 0.1) is 20.8 Å². The van der Waals surface area contributed by atoms with Crippen LogP contribution < -0.4 is 10.2 Å². The van der Waals surface area contributed by atoms with E-state index in [0.717, 1.165) is 35.4 Å². The van der Waals surface area contributed by atoms with Gasteiger partial charge in [0.15, 0.2) is 5.82 Å². The molecule has 0 aliphatic carbocycles. The summed E-state index contributed by atoms with van der Waals surface area (Å²) in [4.78, 5) is 4.81. The summed E-state index contributed by atoms with van der Waals surface area (Å²) in [5, 5.41) is 14.9. The Labute approximate surface area is 180 Å². The predicted molar refractivity (Wildman–Crippen MR) is 127 cm³/mol. The van der Waals surface area contributed by atoms with Crippen LogP contribution in [0.2, 0.25) is 0 Å². The highest BCUT2D eigenvalue weighted by Gasteiger charge is 2.24. The summed E-state index contributed by atoms with van der Waals surface area (Å²) in [6, 6.07) is 14.0. The Kier molecular flexibility index (Phi) is 5.65. The maximum absolute atomic E-state index is 4.55. The van der Waals surface area contributed by atoms with Crippen LogP contribution in [0.15, 0.2) is 36.4 Å². The molecule has 0 radical (unpaired) electrons. The van der Waals surface area contributed by atoms with Crippen molar-refractivity contribution < 1.29 is 0 Å². The molecule has 1 fully saturated rings. The number of hydrogen-bond donors (Lipinski definition) is 1. The number of fused-ring (bicyclic) bond motifs is 1. The van der Waals surface area contributed by atoms with Gasteiger partial charge in [0.25, 0.3) is 0 Å². The molecule has 1 N–H and O–H groups in total. The van der Waals surface area contributed by atoms with Crippen molar-refractivity contribution in [2.45, 2.75) is 46.2 Å². The molecule has 5 nitrogen and oxygen atoms in total. The Balaban J connectivity index is 1.68. The van der Waals surface area contributed by atoms with Gasteiger partial charge in [-0.05, 0) is 77.0 Å². The largest absolute Gasteiger partial charge is 0.370 e. The first-order chi connectivity index (χ1) is 14.3. The molecule has 1 aliphatic heterocycles. The van der Waals surface area contributed by atoms with E-state index >= 15 is 0 Å². The number of benzene rings is 2. The summed E-state index contributed by atoms with van der Waals surface area (Å²) in [6.45, 7) is 10.7. The Morgan fingerprint density at radius 1 is 1.07 bits per heavy atom. The fraction of sp³-hybridized carbons (Fsp3) is 0.440. The van der Waals surface area contributed by atoms with Crippen LogP contribution in [-0.2, 0) is 0 Å². The lowest BCUT2D eigenvalue weighted by molar-refractivity contribution is 0.315. The highest BCUT2D eigenvalue weighted by molar-refractivity contribution is 5.95. The van der Waals surface area contributed by atoms with Crippen molar-refractivity contribution in [3.8, 4) is 0 Å². The lowest BCUT2D eigenvalue weighted by Crippen LogP contribution is -2.31. The molecule has 4 rings (SSSR count). The second-order valence-electron chi connectivity index (χ2n) is 8.87. The zero-order chi connectivity index (χ0) is 21.4. The molecule has 0 unspecified atom stereocenters. The topological polar surface area (TPSA) is 44.3 Å². The zero-order valence-electron chi connectivity index (χ0n) is 19.0. The summed E-state index contributed by atoms with van der Waals surface area (Å²) in [6.07, 6.45) is 1.20. The van der Waals surface area contributed by atoms with Crippen LogP contribution in [0.1, 0.15) is 41.8 Å². The molecular formula is C25H33N5. The van der Waals surface area contributed by atoms with Gasteiger partial charge in [-0.25, -0.2) is 0 Å². The number of likely N-dealkylation sites (N-methyl/N-ethyl adjacent to an activating group) is 1. The van der Waals surface area contributed by atoms with E-state index in [4.69, 9.17) is 0 Å². The van der Waals surface area contributed by atoms with Crippen molar-refractivity contribution in [3.63, 3.8) is 0 Å². The minimum Gasteiger partial charge on any atom is -0.370 e. The van der Waals surface area contributed by atoms with E-state index in [2.05, 4.69) is 96.6 Å². The summed E-state index contributed by atoms with van der Waals surface area (Å²) in [5.41, 5.74) is 6.17. The van der Waals surface area contributed by atoms with Gasteiger partial charge in [0.1, 0.15) is 0 Å². The minimum atomic E-state index is 0.152. The van der Waals surface area contributed by atoms with Gasteiger partial charge in [-0.1, -0.05) is 24.3 Å². The number of nitrogens with zero attached hydrogens (tertiary/aromatic N) is 4. The smallest absolute Gasteiger partial charge is 0.157 e. The van der Waals surface area contributed by atoms with E-state index in [1.807, 2.05) is 6.92 Å². The van der Waals surface area contributed by atoms with Gasteiger partial charge in [0.2, 0.25) is 0 Å². The van der Waals surface area contributed by atoms with Gasteiger partial charge in [-0.15, -0.1) is 5.10 Å². The Morgan fingerprint density at radius 2 is 1.87 bits per heavy atom. The molecule has 0 bridgehead atoms. The third kappa shape index (κ3) is 3.86. The second-order valence-corrected chi connectivity index (χ2v) is 8.87. The molecule has 1 aliphatic rings. The summed E-state index contributed by atoms with van der Waals surface area (Å²) >= 11 is 0. The van der Waals surface area contributed by atoms with Crippen molar-refractivity contribution in [2.24, 2.45) is 0 Å². The van der Waals surface area contributed by atoms with Gasteiger partial charge in [0.05, 0.1) is 11.7 Å². The van der Waals surface area contributed by atoms with Crippen LogP contribution in [0.3, 0.4) is 0 Å². The number of anilines is 2. The molecule has 2 atom stereocenters. The van der Waals surface area contributed by atoms with Gasteiger partial charge < -0.3 is 15.1 Å². The van der Waals surface area contributed by atoms with Crippen molar-refractivity contribution in [3.05, 3.63) is 58.8 Å². The monoisotopic (exact) mass is 403 g/mol. The highest BCUT2D eigenvalue weighted by atomic mass is 15.2. The number of aryl methyl sites for hydroxylation is 2. The number of nitrogens with one attached hydrogen (secondary N) is 1. The zero-order valence-corrected chi connectivity index (χ0v) is 19.0. The Hall–Kier alpha value is -2.66. The maximum atomic E-state index is 4.55. The molecule has 158 valence electrons. The summed E-state index contributed by atoms with van der Waals surface area (Å²) < 4.78 is 0. The SMILES string of the molecule is Cc1cccc([C@@H](C)Nc2nnc(C)c3ccc(N4CC[C@H](N(C)C)C4)cc23)c1C. The van der Waals surface area contributed by atoms with Gasteiger partial charge in [-0.3, -0.25) is 0 Å². The van der Waals surface area contributed by atoms with E-state index in [0.29, 0.717) is 6.04 Å². The molecule has 0 spiro atoms. The summed E-state index contributed by atoms with van der Waals surface area (Å²) in [7, 11) is 4.34. The normalized spacial score (nSPS) is 17.7. The van der Waals surface area contributed by atoms with E-state index in [1.54, 1.807) is 0 Å². The first-order valence-electron chi connectivity index (χ1n) is 10.9. The lowest BCUT2D eigenvalue weighted by Gasteiger charge is -2.23. The van der Waals surface area contributed by atoms with E-state index in [1.165, 1.54) is 28.8 Å². The molecule has 5 heteroatoms. The fourth-order valence-electron chi connectivity index (χ4n) is 4.50. The Bertz CT molecular complexity index is 1060. The molecule has 3 aromatic rings. The Morgan fingerprint density at radius 3 is 2.60 bits per heavy atom. The standard InChI is InChI=1S/C25H33N5/c1-16-8-7-9-22(17(16)2)18(3)26-25-24-14-20(10-11-23(24)19(4)27-28-25)30-13-12-21(15-30)29(5)6/h7-11,14,18,21H,12-13,15H2,1-6H3,(H,26,28)/t18-,21+/m1/s1. The second kappa shape index (κ2) is 8.23. The van der Waals surface area contributed by atoms with Gasteiger partial charge in [-0.2, -0.15) is 5.10 Å². The summed E-state index contributed by atoms with van der Waals surface area (Å²) in [5.74, 6) is 0.856. The number of aromatic nitrogens is 2. The lowest BCUT2D eigenvalue weighted by atomic mass is 9.98. The molecule has 2 heterocycles. The molecule has 0 amide bonds. The van der Waals surface area contributed by atoms with E-state index in [-0.39, 0.29) is 6.04 Å². The van der Waals surface area contributed by atoms with Crippen molar-refractivity contribution >= 4 is 22.3 Å². The maximum Gasteiger partial charge on any atom is 0.157 e. The average molecular weight is 404 g/mol. The fourth-order valence-corrected chi connectivity index (χ4v) is 4.50. The number of hydrogen-bond acceptors (Lipinski definition) is 5. The molecule has 1 aromatic heterocycles. The first kappa shape index (κ1) is 20.6. The molecule has 1 saturated heterocycles. The third-order valence-corrected chi connectivity index (χ3v) is 6.67. The average Bonchev–Trinajstić information content (AvgIpc) is 3.22. The van der Waals surface area contributed by atoms with E-state index < -0.39 is 0 Å². The minimum absolute atomic E-state index is 0.152. The first-order valence-corrected chi connectivity index (χ1v) is 10.9. The van der Waals surface area contributed by atoms with Crippen molar-refractivity contribution in [2.75, 3.05) is 37.4 Å². The van der Waals surface area contributed by atoms with Crippen LogP contribution >= 0.6 is 0 Å². The van der Waals surface area contributed by atoms with Gasteiger partial charge >= 0.3 is 0 Å². The van der Waals surface area contributed by atoms with Crippen LogP contribution in [-0.4, -0.2) is 48.3 Å². The van der Waals surface area contributed by atoms with E-state index in [9.17, 15) is 0 Å². The molecule has 2 aromatic carbocycles. The molecule has 0 saturated carbocycles. The van der Waals surface area contributed by atoms with Crippen molar-refractivity contribution in [1.82, 2.24) is 15.1 Å². The number of rotatable bonds is 5. The van der Waals surface area contributed by atoms with Crippen LogP contribution in [0.25, 0.3) is 10.8 Å². The highest BCUT2D eigenvalue weighted by Crippen LogP contribution is 2.32. The molecule has 30 heavy (non-hydrogen) atoms. The van der Waals surface area contributed by atoms with Gasteiger partial charge in [0, 0.05) is 35.6 Å². The third-order valence-electron chi connectivity index (χ3n) is 6.67. The molecular weight excluding hydrogens is 370 g/mol.